The van der Waals surface area contributed by atoms with Crippen molar-refractivity contribution in [3.8, 4) is 0 Å². The number of anilines is 1. The Kier molecular flexibility index (Phi) is 2.90. The van der Waals surface area contributed by atoms with Crippen molar-refractivity contribution in [1.29, 1.82) is 0 Å². The molecule has 4 rings (SSSR count). The van der Waals surface area contributed by atoms with E-state index in [1.165, 1.54) is 0 Å². The molecule has 110 valence electrons. The Labute approximate surface area is 129 Å². The molecular weight excluding hydrogens is 286 g/mol. The summed E-state index contributed by atoms with van der Waals surface area (Å²) in [6.45, 7) is 0.917. The normalized spacial score (nSPS) is 26.9. The van der Waals surface area contributed by atoms with Crippen LogP contribution in [0.25, 0.3) is 0 Å². The minimum Gasteiger partial charge on any atom is -0.367 e. The van der Waals surface area contributed by atoms with Gasteiger partial charge in [-0.1, -0.05) is 17.7 Å². The van der Waals surface area contributed by atoms with Crippen molar-refractivity contribution in [3.05, 3.63) is 28.8 Å². The van der Waals surface area contributed by atoms with Crippen LogP contribution < -0.4 is 4.90 Å². The van der Waals surface area contributed by atoms with Gasteiger partial charge in [-0.15, -0.1) is 0 Å². The van der Waals surface area contributed by atoms with Gasteiger partial charge in [-0.3, -0.25) is 9.59 Å². The monoisotopic (exact) mass is 303 g/mol. The summed E-state index contributed by atoms with van der Waals surface area (Å²) in [5.74, 6) is 0.326. The largest absolute Gasteiger partial charge is 0.367 e. The molecule has 1 saturated heterocycles. The van der Waals surface area contributed by atoms with Gasteiger partial charge >= 0.3 is 0 Å². The molecule has 0 bridgehead atoms. The molecule has 0 amide bonds. The van der Waals surface area contributed by atoms with Gasteiger partial charge in [0.2, 0.25) is 0 Å². The quantitative estimate of drug-likeness (QED) is 0.691. The topological polar surface area (TPSA) is 37.4 Å². The van der Waals surface area contributed by atoms with Crippen molar-refractivity contribution in [2.24, 2.45) is 5.41 Å². The summed E-state index contributed by atoms with van der Waals surface area (Å²) >= 11 is 6.14. The van der Waals surface area contributed by atoms with E-state index in [9.17, 15) is 9.59 Å². The maximum atomic E-state index is 12.7. The van der Waals surface area contributed by atoms with E-state index in [0.717, 1.165) is 42.1 Å². The van der Waals surface area contributed by atoms with Gasteiger partial charge in [0.25, 0.3) is 0 Å². The standard InChI is InChI=1S/C17H18ClNO2/c18-12-7-6-11-10-17(15(20)4-1-5-16(17)21)14-3-2-8-19(14)13(11)9-12/h6-7,9,14H,1-5,8,10H2/t14-/m1/s1. The lowest BCUT2D eigenvalue weighted by Gasteiger charge is -2.48. The third-order valence-corrected chi connectivity index (χ3v) is 5.69. The van der Waals surface area contributed by atoms with Gasteiger partial charge < -0.3 is 4.90 Å². The van der Waals surface area contributed by atoms with E-state index in [4.69, 9.17) is 11.6 Å². The Morgan fingerprint density at radius 3 is 2.67 bits per heavy atom. The fraction of sp³-hybridized carbons (Fsp3) is 0.529. The highest BCUT2D eigenvalue weighted by molar-refractivity contribution is 6.31. The predicted molar refractivity (Wildman–Crippen MR) is 81.8 cm³/mol. The second kappa shape index (κ2) is 4.57. The van der Waals surface area contributed by atoms with Crippen molar-refractivity contribution in [2.45, 2.75) is 44.6 Å². The van der Waals surface area contributed by atoms with Crippen LogP contribution in [-0.2, 0) is 16.0 Å². The molecule has 1 aromatic carbocycles. The van der Waals surface area contributed by atoms with Crippen molar-refractivity contribution < 1.29 is 9.59 Å². The summed E-state index contributed by atoms with van der Waals surface area (Å²) in [7, 11) is 0. The molecule has 1 aromatic rings. The average Bonchev–Trinajstić information content (AvgIpc) is 2.95. The number of Topliss-reactive ketones (excluding diaryl/α,β-unsaturated/α-hetero) is 2. The predicted octanol–water partition coefficient (Wildman–Crippen LogP) is 3.17. The van der Waals surface area contributed by atoms with Gasteiger partial charge in [0.05, 0.1) is 0 Å². The molecule has 4 heteroatoms. The highest BCUT2D eigenvalue weighted by atomic mass is 35.5. The van der Waals surface area contributed by atoms with Crippen molar-refractivity contribution in [2.75, 3.05) is 11.4 Å². The zero-order valence-electron chi connectivity index (χ0n) is 11.9. The number of nitrogens with zero attached hydrogens (tertiary/aromatic N) is 1. The lowest BCUT2D eigenvalue weighted by atomic mass is 9.61. The zero-order chi connectivity index (χ0) is 14.6. The summed E-state index contributed by atoms with van der Waals surface area (Å²) in [6, 6.07) is 5.88. The summed E-state index contributed by atoms with van der Waals surface area (Å²) < 4.78 is 0. The Bertz CT molecular complexity index is 624. The second-order valence-electron chi connectivity index (χ2n) is 6.47. The first-order valence-electron chi connectivity index (χ1n) is 7.74. The Morgan fingerprint density at radius 1 is 1.14 bits per heavy atom. The van der Waals surface area contributed by atoms with Crippen LogP contribution in [0.4, 0.5) is 5.69 Å². The molecule has 3 nitrogen and oxygen atoms in total. The number of hydrogen-bond donors (Lipinski definition) is 0. The number of hydrogen-bond acceptors (Lipinski definition) is 3. The second-order valence-corrected chi connectivity index (χ2v) is 6.91. The number of ketones is 2. The lowest BCUT2D eigenvalue weighted by molar-refractivity contribution is -0.145. The van der Waals surface area contributed by atoms with E-state index in [1.54, 1.807) is 0 Å². The first-order chi connectivity index (χ1) is 10.1. The highest BCUT2D eigenvalue weighted by Crippen LogP contribution is 2.50. The molecule has 0 unspecified atom stereocenters. The number of carbonyl (C=O) groups excluding carboxylic acids is 2. The minimum atomic E-state index is -0.782. The third kappa shape index (κ3) is 1.73. The summed E-state index contributed by atoms with van der Waals surface area (Å²) in [5.41, 5.74) is 1.44. The lowest BCUT2D eigenvalue weighted by Crippen LogP contribution is -2.59. The van der Waals surface area contributed by atoms with Gasteiger partial charge in [-0.25, -0.2) is 0 Å². The molecule has 1 aliphatic carbocycles. The van der Waals surface area contributed by atoms with Crippen LogP contribution in [-0.4, -0.2) is 24.2 Å². The minimum absolute atomic E-state index is 0.0452. The molecule has 1 spiro atoms. The summed E-state index contributed by atoms with van der Waals surface area (Å²) in [6.07, 6.45) is 4.37. The molecule has 0 aromatic heterocycles. The molecule has 0 N–H and O–H groups in total. The smallest absolute Gasteiger partial charge is 0.148 e. The van der Waals surface area contributed by atoms with E-state index >= 15 is 0 Å². The fourth-order valence-electron chi connectivity index (χ4n) is 4.52. The van der Waals surface area contributed by atoms with E-state index in [2.05, 4.69) is 4.90 Å². The van der Waals surface area contributed by atoms with Gasteiger partial charge in [-0.2, -0.15) is 0 Å². The summed E-state index contributed by atoms with van der Waals surface area (Å²) in [4.78, 5) is 27.7. The average molecular weight is 304 g/mol. The zero-order valence-corrected chi connectivity index (χ0v) is 12.7. The van der Waals surface area contributed by atoms with Gasteiger partial charge in [0.15, 0.2) is 0 Å². The van der Waals surface area contributed by atoms with E-state index in [-0.39, 0.29) is 17.6 Å². The first-order valence-corrected chi connectivity index (χ1v) is 8.12. The van der Waals surface area contributed by atoms with Gasteiger partial charge in [0, 0.05) is 36.1 Å². The van der Waals surface area contributed by atoms with Crippen LogP contribution in [0.5, 0.6) is 0 Å². The van der Waals surface area contributed by atoms with Crippen molar-refractivity contribution in [1.82, 2.24) is 0 Å². The maximum Gasteiger partial charge on any atom is 0.148 e. The number of halogens is 1. The van der Waals surface area contributed by atoms with Crippen LogP contribution in [0.3, 0.4) is 0 Å². The Morgan fingerprint density at radius 2 is 1.90 bits per heavy atom. The van der Waals surface area contributed by atoms with Crippen LogP contribution >= 0.6 is 11.6 Å². The SMILES string of the molecule is O=C1CCCC(=O)C12Cc1ccc(Cl)cc1N1CCC[C@@H]12. The number of benzene rings is 1. The van der Waals surface area contributed by atoms with E-state index in [1.807, 2.05) is 18.2 Å². The van der Waals surface area contributed by atoms with Crippen LogP contribution in [0, 0.1) is 5.41 Å². The summed E-state index contributed by atoms with van der Waals surface area (Å²) in [5, 5.41) is 0.719. The molecule has 1 atom stereocenters. The molecule has 21 heavy (non-hydrogen) atoms. The molecule has 2 aliphatic heterocycles. The number of carbonyl (C=O) groups is 2. The molecule has 1 saturated carbocycles. The van der Waals surface area contributed by atoms with Crippen LogP contribution in [0.15, 0.2) is 18.2 Å². The highest BCUT2D eigenvalue weighted by Gasteiger charge is 2.57. The first kappa shape index (κ1) is 13.3. The Balaban J connectivity index is 1.89. The fourth-order valence-corrected chi connectivity index (χ4v) is 4.69. The van der Waals surface area contributed by atoms with E-state index < -0.39 is 5.41 Å². The molecular formula is C17H18ClNO2. The van der Waals surface area contributed by atoms with Gasteiger partial charge in [-0.05, 0) is 43.4 Å². The van der Waals surface area contributed by atoms with Crippen molar-refractivity contribution in [3.63, 3.8) is 0 Å². The Hall–Kier alpha value is -1.35. The maximum absolute atomic E-state index is 12.7. The van der Waals surface area contributed by atoms with Crippen LogP contribution in [0.2, 0.25) is 5.02 Å². The van der Waals surface area contributed by atoms with Gasteiger partial charge in [0.1, 0.15) is 17.0 Å². The van der Waals surface area contributed by atoms with Crippen molar-refractivity contribution >= 4 is 28.9 Å². The molecule has 2 fully saturated rings. The molecule has 0 radical (unpaired) electrons. The number of fused-ring (bicyclic) bond motifs is 4. The molecule has 3 aliphatic rings. The third-order valence-electron chi connectivity index (χ3n) is 5.45. The molecule has 2 heterocycles. The number of rotatable bonds is 0. The van der Waals surface area contributed by atoms with E-state index in [0.29, 0.717) is 19.3 Å². The van der Waals surface area contributed by atoms with Crippen LogP contribution in [0.1, 0.15) is 37.7 Å².